The molecule has 0 aliphatic rings. The summed E-state index contributed by atoms with van der Waals surface area (Å²) in [6.07, 6.45) is 1.73. The van der Waals surface area contributed by atoms with Gasteiger partial charge in [-0.1, -0.05) is 47.7 Å². The van der Waals surface area contributed by atoms with Crippen molar-refractivity contribution in [1.29, 1.82) is 0 Å². The van der Waals surface area contributed by atoms with E-state index in [1.807, 2.05) is 62.4 Å². The average Bonchev–Trinajstić information content (AvgIpc) is 3.13. The number of benzene rings is 1. The van der Waals surface area contributed by atoms with Crippen LogP contribution >= 0.6 is 11.3 Å². The Hall–Kier alpha value is -3.32. The predicted molar refractivity (Wildman–Crippen MR) is 113 cm³/mol. The molecule has 1 aromatic carbocycles. The van der Waals surface area contributed by atoms with Crippen molar-refractivity contribution in [3.8, 4) is 21.8 Å². The predicted octanol–water partition coefficient (Wildman–Crippen LogP) is 4.75. The SMILES string of the molecule is CC(C)n1nc(-c2sc(Nc3ccccn3)nc2-c2ccccc2)ccc1=O. The summed E-state index contributed by atoms with van der Waals surface area (Å²) in [5.74, 6) is 0.725. The third-order valence-corrected chi connectivity index (χ3v) is 5.11. The Labute approximate surface area is 166 Å². The van der Waals surface area contributed by atoms with Crippen molar-refractivity contribution in [3.63, 3.8) is 0 Å². The largest absolute Gasteiger partial charge is 0.316 e. The summed E-state index contributed by atoms with van der Waals surface area (Å²) in [4.78, 5) is 22.1. The second-order valence-corrected chi connectivity index (χ2v) is 7.50. The van der Waals surface area contributed by atoms with Crippen LogP contribution in [0.3, 0.4) is 0 Å². The van der Waals surface area contributed by atoms with Crippen LogP contribution in [0.1, 0.15) is 19.9 Å². The van der Waals surface area contributed by atoms with Crippen LogP contribution in [0.2, 0.25) is 0 Å². The van der Waals surface area contributed by atoms with Crippen LogP contribution in [0.4, 0.5) is 10.9 Å². The number of anilines is 2. The second-order valence-electron chi connectivity index (χ2n) is 6.50. The highest BCUT2D eigenvalue weighted by Gasteiger charge is 2.18. The second kappa shape index (κ2) is 7.74. The van der Waals surface area contributed by atoms with E-state index in [0.29, 0.717) is 0 Å². The number of nitrogens with one attached hydrogen (secondary N) is 1. The van der Waals surface area contributed by atoms with Crippen LogP contribution in [0.25, 0.3) is 21.8 Å². The fraction of sp³-hybridized carbons (Fsp3) is 0.143. The van der Waals surface area contributed by atoms with E-state index in [4.69, 9.17) is 4.98 Å². The van der Waals surface area contributed by atoms with Gasteiger partial charge in [0.05, 0.1) is 16.6 Å². The Bertz CT molecular complexity index is 1140. The van der Waals surface area contributed by atoms with Crippen LogP contribution in [0.15, 0.2) is 71.7 Å². The van der Waals surface area contributed by atoms with E-state index in [2.05, 4.69) is 15.4 Å². The molecule has 0 unspecified atom stereocenters. The number of hydrogen-bond donors (Lipinski definition) is 1. The van der Waals surface area contributed by atoms with E-state index in [-0.39, 0.29) is 11.6 Å². The lowest BCUT2D eigenvalue weighted by atomic mass is 10.1. The van der Waals surface area contributed by atoms with Crippen LogP contribution in [0, 0.1) is 0 Å². The van der Waals surface area contributed by atoms with E-state index in [0.717, 1.165) is 32.8 Å². The number of pyridine rings is 1. The van der Waals surface area contributed by atoms with Gasteiger partial charge in [-0.3, -0.25) is 4.79 Å². The first-order chi connectivity index (χ1) is 13.6. The average molecular weight is 389 g/mol. The van der Waals surface area contributed by atoms with E-state index < -0.39 is 0 Å². The summed E-state index contributed by atoms with van der Waals surface area (Å²) in [6.45, 7) is 3.88. The van der Waals surface area contributed by atoms with Gasteiger partial charge in [0.25, 0.3) is 5.56 Å². The zero-order chi connectivity index (χ0) is 19.5. The van der Waals surface area contributed by atoms with Crippen LogP contribution in [-0.2, 0) is 0 Å². The normalized spacial score (nSPS) is 11.0. The van der Waals surface area contributed by atoms with Gasteiger partial charge in [-0.05, 0) is 32.0 Å². The highest BCUT2D eigenvalue weighted by molar-refractivity contribution is 7.19. The molecule has 4 rings (SSSR count). The molecule has 3 heterocycles. The van der Waals surface area contributed by atoms with Crippen LogP contribution in [-0.4, -0.2) is 19.7 Å². The van der Waals surface area contributed by atoms with Gasteiger partial charge in [-0.2, -0.15) is 5.10 Å². The van der Waals surface area contributed by atoms with Gasteiger partial charge in [-0.15, -0.1) is 0 Å². The van der Waals surface area contributed by atoms with E-state index >= 15 is 0 Å². The number of thiazole rings is 1. The summed E-state index contributed by atoms with van der Waals surface area (Å²) in [7, 11) is 0. The number of hydrogen-bond acceptors (Lipinski definition) is 6. The quantitative estimate of drug-likeness (QED) is 0.533. The number of nitrogens with zero attached hydrogens (tertiary/aromatic N) is 4. The van der Waals surface area contributed by atoms with Crippen molar-refractivity contribution in [1.82, 2.24) is 19.7 Å². The molecular weight excluding hydrogens is 370 g/mol. The lowest BCUT2D eigenvalue weighted by Crippen LogP contribution is -2.23. The molecule has 0 spiro atoms. The Morgan fingerprint density at radius 2 is 1.79 bits per heavy atom. The van der Waals surface area contributed by atoms with Crippen LogP contribution in [0.5, 0.6) is 0 Å². The molecule has 28 heavy (non-hydrogen) atoms. The molecular formula is C21H19N5OS. The van der Waals surface area contributed by atoms with Gasteiger partial charge < -0.3 is 5.32 Å². The highest BCUT2D eigenvalue weighted by Crippen LogP contribution is 2.38. The maximum absolute atomic E-state index is 12.1. The fourth-order valence-corrected chi connectivity index (χ4v) is 3.76. The van der Waals surface area contributed by atoms with Crippen molar-refractivity contribution in [3.05, 3.63) is 77.2 Å². The smallest absolute Gasteiger partial charge is 0.267 e. The molecule has 6 nitrogen and oxygen atoms in total. The zero-order valence-corrected chi connectivity index (χ0v) is 16.4. The molecule has 0 aliphatic carbocycles. The number of rotatable bonds is 5. The maximum atomic E-state index is 12.1. The minimum Gasteiger partial charge on any atom is -0.316 e. The molecule has 0 aliphatic heterocycles. The van der Waals surface area contributed by atoms with Gasteiger partial charge in [-0.25, -0.2) is 14.6 Å². The van der Waals surface area contributed by atoms with Crippen molar-refractivity contribution in [2.24, 2.45) is 0 Å². The van der Waals surface area contributed by atoms with Crippen molar-refractivity contribution >= 4 is 22.3 Å². The van der Waals surface area contributed by atoms with E-state index in [9.17, 15) is 4.79 Å². The summed E-state index contributed by atoms with van der Waals surface area (Å²) in [5.41, 5.74) is 2.42. The lowest BCUT2D eigenvalue weighted by Gasteiger charge is -2.09. The molecule has 4 aromatic rings. The van der Waals surface area contributed by atoms with Gasteiger partial charge in [0.15, 0.2) is 5.13 Å². The van der Waals surface area contributed by atoms with Gasteiger partial charge in [0.1, 0.15) is 11.5 Å². The Morgan fingerprint density at radius 3 is 2.50 bits per heavy atom. The van der Waals surface area contributed by atoms with E-state index in [1.165, 1.54) is 16.0 Å². The molecule has 0 saturated heterocycles. The third-order valence-electron chi connectivity index (χ3n) is 4.12. The summed E-state index contributed by atoms with van der Waals surface area (Å²) in [5, 5.41) is 8.55. The number of aromatic nitrogens is 4. The molecule has 140 valence electrons. The minimum atomic E-state index is -0.114. The molecule has 7 heteroatoms. The molecule has 3 aromatic heterocycles. The minimum absolute atomic E-state index is 0.0216. The van der Waals surface area contributed by atoms with Gasteiger partial charge in [0, 0.05) is 17.8 Å². The molecule has 1 N–H and O–H groups in total. The molecule has 0 fully saturated rings. The first kappa shape index (κ1) is 18.1. The molecule has 0 saturated carbocycles. The maximum Gasteiger partial charge on any atom is 0.267 e. The fourth-order valence-electron chi connectivity index (χ4n) is 2.80. The molecule has 0 bridgehead atoms. The van der Waals surface area contributed by atoms with Crippen LogP contribution < -0.4 is 10.9 Å². The zero-order valence-electron chi connectivity index (χ0n) is 15.5. The van der Waals surface area contributed by atoms with Gasteiger partial charge in [0.2, 0.25) is 0 Å². The van der Waals surface area contributed by atoms with E-state index in [1.54, 1.807) is 18.3 Å². The first-order valence-electron chi connectivity index (χ1n) is 8.96. The summed E-state index contributed by atoms with van der Waals surface area (Å²) in [6, 6.07) is 18.9. The Kier molecular flexibility index (Phi) is 4.99. The topological polar surface area (TPSA) is 72.7 Å². The van der Waals surface area contributed by atoms with Crippen molar-refractivity contribution in [2.45, 2.75) is 19.9 Å². The Balaban J connectivity index is 1.83. The third kappa shape index (κ3) is 3.70. The molecule has 0 amide bonds. The monoisotopic (exact) mass is 389 g/mol. The molecule has 0 atom stereocenters. The summed E-state index contributed by atoms with van der Waals surface area (Å²) >= 11 is 1.49. The van der Waals surface area contributed by atoms with Gasteiger partial charge >= 0.3 is 0 Å². The lowest BCUT2D eigenvalue weighted by molar-refractivity contribution is 0.505. The standard InChI is InChI=1S/C21H19N5OS/c1-14(2)26-18(27)12-11-16(25-26)20-19(15-8-4-3-5-9-15)24-21(28-20)23-17-10-6-7-13-22-17/h3-14H,1-2H3,(H,22,23,24). The van der Waals surface area contributed by atoms with Crippen molar-refractivity contribution < 1.29 is 0 Å². The summed E-state index contributed by atoms with van der Waals surface area (Å²) < 4.78 is 1.50. The Morgan fingerprint density at radius 1 is 1.00 bits per heavy atom. The van der Waals surface area contributed by atoms with Crippen molar-refractivity contribution in [2.75, 3.05) is 5.32 Å². The first-order valence-corrected chi connectivity index (χ1v) is 9.78. The highest BCUT2D eigenvalue weighted by atomic mass is 32.1. The molecule has 0 radical (unpaired) electrons.